The van der Waals surface area contributed by atoms with Crippen molar-refractivity contribution < 1.29 is 4.74 Å². The summed E-state index contributed by atoms with van der Waals surface area (Å²) in [7, 11) is 1.99. The predicted molar refractivity (Wildman–Crippen MR) is 89.5 cm³/mol. The van der Waals surface area contributed by atoms with E-state index in [0.29, 0.717) is 16.1 Å². The summed E-state index contributed by atoms with van der Waals surface area (Å²) in [5.41, 5.74) is 1.18. The molecule has 3 nitrogen and oxygen atoms in total. The second-order valence-corrected chi connectivity index (χ2v) is 6.66. The molecule has 1 N–H and O–H groups in total. The van der Waals surface area contributed by atoms with E-state index in [1.165, 1.54) is 5.56 Å². The largest absolute Gasteiger partial charge is 0.374 e. The van der Waals surface area contributed by atoms with Crippen molar-refractivity contribution in [2.24, 2.45) is 0 Å². The van der Waals surface area contributed by atoms with Crippen LogP contribution in [0.25, 0.3) is 0 Å². The van der Waals surface area contributed by atoms with Crippen LogP contribution in [0, 0.1) is 0 Å². The molecule has 21 heavy (non-hydrogen) atoms. The van der Waals surface area contributed by atoms with Gasteiger partial charge in [0.2, 0.25) is 0 Å². The molecule has 2 atom stereocenters. The second kappa shape index (κ2) is 7.80. The highest BCUT2D eigenvalue weighted by atomic mass is 35.5. The van der Waals surface area contributed by atoms with Gasteiger partial charge in [0.1, 0.15) is 0 Å². The molecule has 1 aliphatic heterocycles. The van der Waals surface area contributed by atoms with Crippen LogP contribution in [0.5, 0.6) is 0 Å². The van der Waals surface area contributed by atoms with Gasteiger partial charge >= 0.3 is 0 Å². The minimum absolute atomic E-state index is 0.195. The lowest BCUT2D eigenvalue weighted by Gasteiger charge is -2.39. The number of hydrogen-bond donors (Lipinski definition) is 1. The third kappa shape index (κ3) is 4.57. The van der Waals surface area contributed by atoms with Crippen molar-refractivity contribution in [1.82, 2.24) is 10.2 Å². The van der Waals surface area contributed by atoms with Crippen LogP contribution in [0.15, 0.2) is 18.2 Å². The van der Waals surface area contributed by atoms with Crippen molar-refractivity contribution in [3.8, 4) is 0 Å². The molecule has 0 spiro atoms. The van der Waals surface area contributed by atoms with Gasteiger partial charge in [-0.3, -0.25) is 4.90 Å². The fourth-order valence-electron chi connectivity index (χ4n) is 2.75. The SMILES string of the molecule is CNC(Cc1ccc(Cl)c(Cl)c1)C1CN(C(C)C)CCO1. The van der Waals surface area contributed by atoms with E-state index in [1.54, 1.807) is 0 Å². The van der Waals surface area contributed by atoms with Gasteiger partial charge in [-0.2, -0.15) is 0 Å². The normalized spacial score (nSPS) is 21.7. The molecule has 0 aromatic heterocycles. The highest BCUT2D eigenvalue weighted by molar-refractivity contribution is 6.42. The van der Waals surface area contributed by atoms with Crippen molar-refractivity contribution >= 4 is 23.2 Å². The molecule has 5 heteroatoms. The highest BCUT2D eigenvalue weighted by Gasteiger charge is 2.28. The van der Waals surface area contributed by atoms with E-state index in [-0.39, 0.29) is 12.1 Å². The number of likely N-dealkylation sites (N-methyl/N-ethyl adjacent to an activating group) is 1. The maximum Gasteiger partial charge on any atom is 0.0858 e. The highest BCUT2D eigenvalue weighted by Crippen LogP contribution is 2.24. The number of nitrogens with zero attached hydrogens (tertiary/aromatic N) is 1. The van der Waals surface area contributed by atoms with Crippen molar-refractivity contribution in [1.29, 1.82) is 0 Å². The first-order chi connectivity index (χ1) is 10.0. The van der Waals surface area contributed by atoms with E-state index in [1.807, 2.05) is 25.2 Å². The quantitative estimate of drug-likeness (QED) is 0.896. The Morgan fingerprint density at radius 2 is 2.10 bits per heavy atom. The third-order valence-electron chi connectivity index (χ3n) is 4.11. The Balaban J connectivity index is 2.03. The fraction of sp³-hybridized carbons (Fsp3) is 0.625. The minimum Gasteiger partial charge on any atom is -0.374 e. The van der Waals surface area contributed by atoms with Crippen molar-refractivity contribution in [2.45, 2.75) is 38.5 Å². The summed E-state index contributed by atoms with van der Waals surface area (Å²) in [6.07, 6.45) is 1.07. The molecule has 2 rings (SSSR count). The van der Waals surface area contributed by atoms with Crippen molar-refractivity contribution in [3.63, 3.8) is 0 Å². The van der Waals surface area contributed by atoms with Crippen molar-refractivity contribution in [3.05, 3.63) is 33.8 Å². The van der Waals surface area contributed by atoms with Crippen molar-refractivity contribution in [2.75, 3.05) is 26.7 Å². The number of hydrogen-bond acceptors (Lipinski definition) is 3. The molecule has 0 amide bonds. The smallest absolute Gasteiger partial charge is 0.0858 e. The molecule has 0 radical (unpaired) electrons. The van der Waals surface area contributed by atoms with Gasteiger partial charge in [0.25, 0.3) is 0 Å². The summed E-state index contributed by atoms with van der Waals surface area (Å²) >= 11 is 12.1. The average Bonchev–Trinajstić information content (AvgIpc) is 2.48. The minimum atomic E-state index is 0.195. The molecule has 0 bridgehead atoms. The van der Waals surface area contributed by atoms with Crippen LogP contribution in [0.2, 0.25) is 10.0 Å². The Kier molecular flexibility index (Phi) is 6.33. The maximum atomic E-state index is 6.10. The number of benzene rings is 1. The summed E-state index contributed by atoms with van der Waals surface area (Å²) in [6, 6.07) is 6.65. The lowest BCUT2D eigenvalue weighted by molar-refractivity contribution is -0.0541. The van der Waals surface area contributed by atoms with Gasteiger partial charge in [0.15, 0.2) is 0 Å². The first-order valence-corrected chi connectivity index (χ1v) is 8.23. The van der Waals surface area contributed by atoms with Gasteiger partial charge < -0.3 is 10.1 Å². The zero-order valence-electron chi connectivity index (χ0n) is 12.9. The van der Waals surface area contributed by atoms with E-state index in [9.17, 15) is 0 Å². The molecule has 2 unspecified atom stereocenters. The molecule has 1 heterocycles. The van der Waals surface area contributed by atoms with E-state index < -0.39 is 0 Å². The van der Waals surface area contributed by atoms with E-state index in [4.69, 9.17) is 27.9 Å². The Morgan fingerprint density at radius 1 is 1.33 bits per heavy atom. The van der Waals surface area contributed by atoms with Gasteiger partial charge in [-0.15, -0.1) is 0 Å². The zero-order valence-corrected chi connectivity index (χ0v) is 14.4. The summed E-state index contributed by atoms with van der Waals surface area (Å²) in [4.78, 5) is 2.47. The lowest BCUT2D eigenvalue weighted by atomic mass is 9.99. The van der Waals surface area contributed by atoms with Crippen LogP contribution in [0.1, 0.15) is 19.4 Å². The van der Waals surface area contributed by atoms with E-state index >= 15 is 0 Å². The predicted octanol–water partition coefficient (Wildman–Crippen LogP) is 3.23. The monoisotopic (exact) mass is 330 g/mol. The van der Waals surface area contributed by atoms with Gasteiger partial charge in [-0.1, -0.05) is 29.3 Å². The van der Waals surface area contributed by atoms with Gasteiger partial charge in [0.05, 0.1) is 22.8 Å². The fourth-order valence-corrected chi connectivity index (χ4v) is 3.07. The standard InChI is InChI=1S/C16H24Cl2N2O/c1-11(2)20-6-7-21-16(10-20)15(19-3)9-12-4-5-13(17)14(18)8-12/h4-5,8,11,15-16,19H,6-7,9-10H2,1-3H3. The molecule has 0 saturated carbocycles. The Bertz CT molecular complexity index is 468. The molecular weight excluding hydrogens is 307 g/mol. The van der Waals surface area contributed by atoms with Crippen LogP contribution in [0.3, 0.4) is 0 Å². The molecule has 1 aromatic rings. The molecule has 1 aliphatic rings. The number of halogens is 2. The number of morpholine rings is 1. The van der Waals surface area contributed by atoms with Gasteiger partial charge in [-0.25, -0.2) is 0 Å². The van der Waals surface area contributed by atoms with Crippen LogP contribution in [-0.4, -0.2) is 49.8 Å². The van der Waals surface area contributed by atoms with Crippen LogP contribution in [-0.2, 0) is 11.2 Å². The summed E-state index contributed by atoms with van der Waals surface area (Å²) < 4.78 is 5.97. The first-order valence-electron chi connectivity index (χ1n) is 7.48. The summed E-state index contributed by atoms with van der Waals surface area (Å²) in [6.45, 7) is 7.23. The Morgan fingerprint density at radius 3 is 2.71 bits per heavy atom. The van der Waals surface area contributed by atoms with E-state index in [2.05, 4.69) is 24.1 Å². The zero-order chi connectivity index (χ0) is 15.4. The molecule has 118 valence electrons. The molecule has 1 saturated heterocycles. The molecule has 0 aliphatic carbocycles. The average molecular weight is 331 g/mol. The Hall–Kier alpha value is -0.320. The summed E-state index contributed by atoms with van der Waals surface area (Å²) in [5, 5.41) is 4.59. The molecule has 1 aromatic carbocycles. The van der Waals surface area contributed by atoms with Crippen LogP contribution < -0.4 is 5.32 Å². The number of ether oxygens (including phenoxy) is 1. The number of nitrogens with one attached hydrogen (secondary N) is 1. The molecule has 1 fully saturated rings. The lowest BCUT2D eigenvalue weighted by Crippen LogP contribution is -2.53. The topological polar surface area (TPSA) is 24.5 Å². The Labute approximate surface area is 137 Å². The van der Waals surface area contributed by atoms with E-state index in [0.717, 1.165) is 26.1 Å². The van der Waals surface area contributed by atoms with Gasteiger partial charge in [0, 0.05) is 25.2 Å². The van der Waals surface area contributed by atoms with Crippen LogP contribution >= 0.6 is 23.2 Å². The van der Waals surface area contributed by atoms with Crippen LogP contribution in [0.4, 0.5) is 0 Å². The maximum absolute atomic E-state index is 6.10. The molecular formula is C16H24Cl2N2O. The third-order valence-corrected chi connectivity index (χ3v) is 4.85. The second-order valence-electron chi connectivity index (χ2n) is 5.85. The first kappa shape index (κ1) is 17.0. The van der Waals surface area contributed by atoms with Gasteiger partial charge in [-0.05, 0) is 45.0 Å². The summed E-state index contributed by atoms with van der Waals surface area (Å²) in [5.74, 6) is 0. The number of rotatable bonds is 5.